The molecule has 0 heterocycles. The number of hydrogen-bond donors (Lipinski definition) is 3. The van der Waals surface area contributed by atoms with Crippen molar-refractivity contribution in [1.29, 1.82) is 0 Å². The number of carbonyl (C=O) groups is 1. The summed E-state index contributed by atoms with van der Waals surface area (Å²) < 4.78 is 31.4. The molecule has 0 spiro atoms. The van der Waals surface area contributed by atoms with E-state index in [-0.39, 0.29) is 28.6 Å². The second kappa shape index (κ2) is 9.18. The normalized spacial score (nSPS) is 12.4. The van der Waals surface area contributed by atoms with Gasteiger partial charge in [-0.15, -0.1) is 0 Å². The van der Waals surface area contributed by atoms with Gasteiger partial charge in [0, 0.05) is 6.54 Å². The van der Waals surface area contributed by atoms with Crippen molar-refractivity contribution in [2.45, 2.75) is 17.9 Å². The summed E-state index contributed by atoms with van der Waals surface area (Å²) in [7, 11) is -2.43. The Morgan fingerprint density at radius 2 is 2.00 bits per heavy atom. The van der Waals surface area contributed by atoms with Crippen LogP contribution in [0.3, 0.4) is 0 Å². The lowest BCUT2D eigenvalue weighted by Crippen LogP contribution is -2.35. The Labute approximate surface area is 163 Å². The molecule has 2 aromatic carbocycles. The number of ether oxygens (including phenoxy) is 1. The number of rotatable bonds is 8. The maximum absolute atomic E-state index is 12.3. The molecule has 1 unspecified atom stereocenters. The van der Waals surface area contributed by atoms with Crippen molar-refractivity contribution < 1.29 is 23.1 Å². The number of benzene rings is 2. The minimum Gasteiger partial charge on any atom is -0.491 e. The molecule has 0 radical (unpaired) electrons. The van der Waals surface area contributed by atoms with Gasteiger partial charge in [-0.25, -0.2) is 13.1 Å². The Hall–Kier alpha value is -2.13. The molecule has 7 nitrogen and oxygen atoms in total. The molecule has 0 aliphatic carbocycles. The van der Waals surface area contributed by atoms with Crippen LogP contribution in [0.2, 0.25) is 5.02 Å². The van der Waals surface area contributed by atoms with Gasteiger partial charge in [-0.3, -0.25) is 4.79 Å². The van der Waals surface area contributed by atoms with Crippen LogP contribution < -0.4 is 14.8 Å². The highest BCUT2D eigenvalue weighted by Crippen LogP contribution is 2.20. The highest BCUT2D eigenvalue weighted by atomic mass is 35.5. The zero-order valence-corrected chi connectivity index (χ0v) is 16.5. The lowest BCUT2D eigenvalue weighted by atomic mass is 10.2. The number of carbonyl (C=O) groups excluding carboxylic acids is 1. The lowest BCUT2D eigenvalue weighted by molar-refractivity contribution is 0.0843. The molecule has 2 aromatic rings. The van der Waals surface area contributed by atoms with Crippen molar-refractivity contribution in [3.8, 4) is 5.75 Å². The maximum Gasteiger partial charge on any atom is 0.252 e. The van der Waals surface area contributed by atoms with Gasteiger partial charge < -0.3 is 15.2 Å². The molecule has 146 valence electrons. The van der Waals surface area contributed by atoms with Crippen molar-refractivity contribution in [2.24, 2.45) is 0 Å². The average molecular weight is 413 g/mol. The van der Waals surface area contributed by atoms with Gasteiger partial charge >= 0.3 is 0 Å². The molecule has 2 rings (SSSR count). The van der Waals surface area contributed by atoms with Gasteiger partial charge in [0.05, 0.1) is 15.5 Å². The Morgan fingerprint density at radius 1 is 1.26 bits per heavy atom. The van der Waals surface area contributed by atoms with Crippen LogP contribution in [0.1, 0.15) is 15.9 Å². The van der Waals surface area contributed by atoms with E-state index in [4.69, 9.17) is 16.3 Å². The molecule has 0 bridgehead atoms. The summed E-state index contributed by atoms with van der Waals surface area (Å²) in [4.78, 5) is 12.2. The topological polar surface area (TPSA) is 105 Å². The van der Waals surface area contributed by atoms with E-state index >= 15 is 0 Å². The van der Waals surface area contributed by atoms with Gasteiger partial charge in [0.15, 0.2) is 0 Å². The number of nitrogens with one attached hydrogen (secondary N) is 2. The lowest BCUT2D eigenvalue weighted by Gasteiger charge is -2.14. The smallest absolute Gasteiger partial charge is 0.252 e. The van der Waals surface area contributed by atoms with E-state index in [1.54, 1.807) is 6.07 Å². The maximum atomic E-state index is 12.3. The third kappa shape index (κ3) is 5.93. The van der Waals surface area contributed by atoms with Crippen LogP contribution >= 0.6 is 11.6 Å². The number of aryl methyl sites for hydroxylation is 1. The molecule has 0 aromatic heterocycles. The summed E-state index contributed by atoms with van der Waals surface area (Å²) in [5.41, 5.74) is 1.03. The minimum absolute atomic E-state index is 0.000191. The number of halogens is 1. The Balaban J connectivity index is 1.96. The monoisotopic (exact) mass is 412 g/mol. The fourth-order valence-electron chi connectivity index (χ4n) is 2.23. The van der Waals surface area contributed by atoms with Gasteiger partial charge in [-0.05, 0) is 49.9 Å². The number of sulfonamides is 1. The largest absolute Gasteiger partial charge is 0.491 e. The molecule has 0 fully saturated rings. The number of aliphatic hydroxyl groups excluding tert-OH is 1. The van der Waals surface area contributed by atoms with E-state index in [9.17, 15) is 18.3 Å². The first-order valence-electron chi connectivity index (χ1n) is 8.12. The molecule has 27 heavy (non-hydrogen) atoms. The molecule has 1 atom stereocenters. The second-order valence-corrected chi connectivity index (χ2v) is 8.13. The van der Waals surface area contributed by atoms with Crippen LogP contribution in [0.4, 0.5) is 0 Å². The van der Waals surface area contributed by atoms with Gasteiger partial charge in [0.25, 0.3) is 5.91 Å². The predicted octanol–water partition coefficient (Wildman–Crippen LogP) is 1.73. The summed E-state index contributed by atoms with van der Waals surface area (Å²) in [5.74, 6) is 0.0242. The van der Waals surface area contributed by atoms with Crippen molar-refractivity contribution in [3.63, 3.8) is 0 Å². The van der Waals surface area contributed by atoms with Crippen molar-refractivity contribution >= 4 is 27.5 Å². The fourth-order valence-corrected chi connectivity index (χ4v) is 3.18. The number of aliphatic hydroxyl groups is 1. The van der Waals surface area contributed by atoms with Crippen LogP contribution in [-0.2, 0) is 10.0 Å². The summed E-state index contributed by atoms with van der Waals surface area (Å²) in [6, 6.07) is 11.2. The molecular weight excluding hydrogens is 392 g/mol. The van der Waals surface area contributed by atoms with Crippen LogP contribution in [0.25, 0.3) is 0 Å². The van der Waals surface area contributed by atoms with Crippen LogP contribution in [0, 0.1) is 6.92 Å². The quantitative estimate of drug-likeness (QED) is 0.612. The molecule has 3 N–H and O–H groups in total. The van der Waals surface area contributed by atoms with Crippen LogP contribution in [0.15, 0.2) is 47.4 Å². The standard InChI is InChI=1S/C18H21ClN2O5S/c1-12-4-3-5-14(8-12)26-11-13(22)10-21-18(23)16-9-15(6-7-17(16)19)27(24,25)20-2/h3-9,13,20,22H,10-11H2,1-2H3,(H,21,23). The SMILES string of the molecule is CNS(=O)(=O)c1ccc(Cl)c(C(=O)NCC(O)COc2cccc(C)c2)c1. The highest BCUT2D eigenvalue weighted by molar-refractivity contribution is 7.89. The third-order valence-corrected chi connectivity index (χ3v) is 5.43. The molecule has 0 aliphatic rings. The van der Waals surface area contributed by atoms with Crippen molar-refractivity contribution in [3.05, 3.63) is 58.6 Å². The van der Waals surface area contributed by atoms with Crippen LogP contribution in [0.5, 0.6) is 5.75 Å². The average Bonchev–Trinajstić information content (AvgIpc) is 2.64. The first kappa shape index (κ1) is 21.2. The molecule has 0 aliphatic heterocycles. The van der Waals surface area contributed by atoms with Gasteiger partial charge in [-0.1, -0.05) is 23.7 Å². The summed E-state index contributed by atoms with van der Waals surface area (Å²) in [6.45, 7) is 1.84. The minimum atomic E-state index is -3.70. The van der Waals surface area contributed by atoms with E-state index in [1.807, 2.05) is 25.1 Å². The van der Waals surface area contributed by atoms with E-state index in [2.05, 4.69) is 10.0 Å². The summed E-state index contributed by atoms with van der Waals surface area (Å²) in [6.07, 6.45) is -0.947. The Morgan fingerprint density at radius 3 is 2.67 bits per heavy atom. The van der Waals surface area contributed by atoms with Gasteiger partial charge in [0.2, 0.25) is 10.0 Å². The molecule has 9 heteroatoms. The summed E-state index contributed by atoms with van der Waals surface area (Å²) in [5, 5.41) is 12.6. The first-order valence-corrected chi connectivity index (χ1v) is 9.98. The Kier molecular flexibility index (Phi) is 7.20. The zero-order valence-electron chi connectivity index (χ0n) is 14.9. The second-order valence-electron chi connectivity index (χ2n) is 5.84. The van der Waals surface area contributed by atoms with E-state index in [0.717, 1.165) is 5.56 Å². The fraction of sp³-hybridized carbons (Fsp3) is 0.278. The predicted molar refractivity (Wildman–Crippen MR) is 103 cm³/mol. The van der Waals surface area contributed by atoms with Gasteiger partial charge in [-0.2, -0.15) is 0 Å². The molecule has 0 saturated carbocycles. The number of amides is 1. The van der Waals surface area contributed by atoms with E-state index in [0.29, 0.717) is 5.75 Å². The number of hydrogen-bond acceptors (Lipinski definition) is 5. The molecule has 1 amide bonds. The first-order chi connectivity index (χ1) is 12.7. The van der Waals surface area contributed by atoms with Gasteiger partial charge in [0.1, 0.15) is 18.5 Å². The zero-order chi connectivity index (χ0) is 20.0. The highest BCUT2D eigenvalue weighted by Gasteiger charge is 2.18. The summed E-state index contributed by atoms with van der Waals surface area (Å²) >= 11 is 5.99. The Bertz CT molecular complexity index is 918. The van der Waals surface area contributed by atoms with E-state index in [1.165, 1.54) is 25.2 Å². The molecular formula is C18H21ClN2O5S. The van der Waals surface area contributed by atoms with Crippen molar-refractivity contribution in [2.75, 3.05) is 20.2 Å². The van der Waals surface area contributed by atoms with Crippen molar-refractivity contribution in [1.82, 2.24) is 10.0 Å². The van der Waals surface area contributed by atoms with E-state index < -0.39 is 22.0 Å². The molecule has 0 saturated heterocycles. The third-order valence-electron chi connectivity index (χ3n) is 3.69. The van der Waals surface area contributed by atoms with Crippen LogP contribution in [-0.4, -0.2) is 45.7 Å².